The van der Waals surface area contributed by atoms with Crippen molar-refractivity contribution in [3.63, 3.8) is 0 Å². The predicted octanol–water partition coefficient (Wildman–Crippen LogP) is 0.910. The van der Waals surface area contributed by atoms with E-state index in [2.05, 4.69) is 6.07 Å². The van der Waals surface area contributed by atoms with Gasteiger partial charge in [0, 0.05) is 32.2 Å². The molecule has 0 saturated carbocycles. The fraction of sp³-hybridized carbons (Fsp3) is 0.684. The molecule has 4 heterocycles. The summed E-state index contributed by atoms with van der Waals surface area (Å²) < 4.78 is 22.1. The van der Waals surface area contributed by atoms with Crippen molar-refractivity contribution in [2.75, 3.05) is 26.4 Å². The summed E-state index contributed by atoms with van der Waals surface area (Å²) in [5.74, 6) is 0. The first kappa shape index (κ1) is 15.3. The topological polar surface area (TPSA) is 76.1 Å². The van der Waals surface area contributed by atoms with Gasteiger partial charge in [-0.25, -0.2) is 0 Å². The third kappa shape index (κ3) is 3.51. The molecule has 1 aromatic rings. The minimum Gasteiger partial charge on any atom is -0.373 e. The van der Waals surface area contributed by atoms with E-state index < -0.39 is 0 Å². The zero-order chi connectivity index (χ0) is 16.1. The molecule has 24 heavy (non-hydrogen) atoms. The van der Waals surface area contributed by atoms with Crippen LogP contribution in [0.1, 0.15) is 27.8 Å². The Bertz CT molecular complexity index is 631. The highest BCUT2D eigenvalue weighted by Gasteiger charge is 2.34. The second-order valence-corrected chi connectivity index (χ2v) is 7.47. The molecule has 0 spiro atoms. The summed E-state index contributed by atoms with van der Waals surface area (Å²) in [6, 6.07) is 2.33. The summed E-state index contributed by atoms with van der Waals surface area (Å²) in [7, 11) is 0. The largest absolute Gasteiger partial charge is 0.373 e. The first-order valence-electron chi connectivity index (χ1n) is 9.12. The quantitative estimate of drug-likeness (QED) is 0.681. The average molecular weight is 331 g/mol. The van der Waals surface area contributed by atoms with E-state index in [1.807, 2.05) is 0 Å². The third-order valence-electron chi connectivity index (χ3n) is 5.42. The molecule has 5 heteroatoms. The van der Waals surface area contributed by atoms with Crippen molar-refractivity contribution in [2.45, 2.75) is 56.6 Å². The van der Waals surface area contributed by atoms with Gasteiger partial charge < -0.3 is 24.7 Å². The summed E-state index contributed by atoms with van der Waals surface area (Å²) in [5, 5.41) is 0. The van der Waals surface area contributed by atoms with Gasteiger partial charge in [-0.15, -0.1) is 0 Å². The van der Waals surface area contributed by atoms with Crippen LogP contribution in [0.15, 0.2) is 6.07 Å². The van der Waals surface area contributed by atoms with E-state index in [0.717, 1.165) is 52.1 Å². The molecule has 4 unspecified atom stereocenters. The Kier molecular flexibility index (Phi) is 3.87. The van der Waals surface area contributed by atoms with Gasteiger partial charge in [-0.1, -0.05) is 6.07 Å². The maximum atomic E-state index is 6.11. The lowest BCUT2D eigenvalue weighted by Gasteiger charge is -2.21. The molecule has 5 rings (SSSR count). The van der Waals surface area contributed by atoms with Gasteiger partial charge in [-0.05, 0) is 27.8 Å². The van der Waals surface area contributed by atoms with Crippen molar-refractivity contribution in [3.8, 4) is 0 Å². The molecule has 0 aliphatic carbocycles. The molecule has 4 atom stereocenters. The summed E-state index contributed by atoms with van der Waals surface area (Å²) in [5.41, 5.74) is 13.1. The molecule has 1 aromatic carbocycles. The van der Waals surface area contributed by atoms with E-state index in [9.17, 15) is 0 Å². The van der Waals surface area contributed by atoms with Crippen molar-refractivity contribution in [1.29, 1.82) is 0 Å². The molecule has 130 valence electrons. The smallest absolute Gasteiger partial charge is 0.0850 e. The van der Waals surface area contributed by atoms with Gasteiger partial charge in [0.25, 0.3) is 0 Å². The SMILES string of the molecule is NCc1cc(CC2CO2)c(CC2CO2)c(CC2CO2)c1CC1CO1. The Morgan fingerprint density at radius 1 is 0.667 bits per heavy atom. The number of hydrogen-bond donors (Lipinski definition) is 1. The molecule has 4 aliphatic heterocycles. The van der Waals surface area contributed by atoms with Crippen LogP contribution in [-0.2, 0) is 51.2 Å². The van der Waals surface area contributed by atoms with Crippen LogP contribution in [0.25, 0.3) is 0 Å². The Hall–Kier alpha value is -0.980. The van der Waals surface area contributed by atoms with E-state index in [0.29, 0.717) is 31.0 Å². The number of nitrogens with two attached hydrogens (primary N) is 1. The highest BCUT2D eigenvalue weighted by molar-refractivity contribution is 5.48. The normalized spacial score (nSPS) is 32.7. The summed E-state index contributed by atoms with van der Waals surface area (Å²) in [6.45, 7) is 4.11. The Morgan fingerprint density at radius 3 is 1.54 bits per heavy atom. The Balaban J connectivity index is 1.56. The van der Waals surface area contributed by atoms with Crippen LogP contribution in [-0.4, -0.2) is 50.8 Å². The molecule has 0 amide bonds. The van der Waals surface area contributed by atoms with Crippen LogP contribution in [0.3, 0.4) is 0 Å². The second-order valence-electron chi connectivity index (χ2n) is 7.47. The van der Waals surface area contributed by atoms with Gasteiger partial charge in [0.05, 0.1) is 50.8 Å². The van der Waals surface area contributed by atoms with Crippen molar-refractivity contribution in [3.05, 3.63) is 33.9 Å². The van der Waals surface area contributed by atoms with Crippen LogP contribution >= 0.6 is 0 Å². The summed E-state index contributed by atoms with van der Waals surface area (Å²) in [4.78, 5) is 0. The Morgan fingerprint density at radius 2 is 1.08 bits per heavy atom. The first-order valence-corrected chi connectivity index (χ1v) is 9.12. The zero-order valence-corrected chi connectivity index (χ0v) is 14.0. The van der Waals surface area contributed by atoms with E-state index in [1.54, 1.807) is 0 Å². The first-order chi connectivity index (χ1) is 11.8. The molecule has 4 saturated heterocycles. The summed E-state index contributed by atoms with van der Waals surface area (Å²) >= 11 is 0. The lowest BCUT2D eigenvalue weighted by Crippen LogP contribution is -2.16. The van der Waals surface area contributed by atoms with Crippen molar-refractivity contribution in [1.82, 2.24) is 0 Å². The maximum Gasteiger partial charge on any atom is 0.0850 e. The van der Waals surface area contributed by atoms with E-state index in [1.165, 1.54) is 27.8 Å². The van der Waals surface area contributed by atoms with Crippen molar-refractivity contribution < 1.29 is 18.9 Å². The molecular formula is C19H25NO4. The van der Waals surface area contributed by atoms with E-state index >= 15 is 0 Å². The molecule has 2 N–H and O–H groups in total. The second kappa shape index (κ2) is 6.07. The number of rotatable bonds is 9. The van der Waals surface area contributed by atoms with Crippen LogP contribution in [0.5, 0.6) is 0 Å². The van der Waals surface area contributed by atoms with Crippen LogP contribution in [0.4, 0.5) is 0 Å². The van der Waals surface area contributed by atoms with Gasteiger partial charge in [-0.2, -0.15) is 0 Å². The number of hydrogen-bond acceptors (Lipinski definition) is 5. The zero-order valence-electron chi connectivity index (χ0n) is 14.0. The standard InChI is InChI=1S/C19H25NO4/c20-6-12-1-11(2-13-7-21-13)17(3-14-8-22-14)19(5-16-10-24-16)18(12)4-15-9-23-15/h1,13-16H,2-10,20H2. The lowest BCUT2D eigenvalue weighted by molar-refractivity contribution is 0.395. The molecule has 0 radical (unpaired) electrons. The molecule has 0 aromatic heterocycles. The number of ether oxygens (including phenoxy) is 4. The van der Waals surface area contributed by atoms with Gasteiger partial charge in [0.15, 0.2) is 0 Å². The Labute approximate surface area is 142 Å². The van der Waals surface area contributed by atoms with E-state index in [4.69, 9.17) is 24.7 Å². The van der Waals surface area contributed by atoms with Gasteiger partial charge >= 0.3 is 0 Å². The van der Waals surface area contributed by atoms with Crippen LogP contribution < -0.4 is 5.73 Å². The fourth-order valence-corrected chi connectivity index (χ4v) is 3.75. The molecular weight excluding hydrogens is 306 g/mol. The van der Waals surface area contributed by atoms with E-state index in [-0.39, 0.29) is 0 Å². The molecule has 4 aliphatic rings. The molecule has 5 nitrogen and oxygen atoms in total. The minimum absolute atomic E-state index is 0.372. The van der Waals surface area contributed by atoms with Gasteiger partial charge in [0.2, 0.25) is 0 Å². The number of epoxide rings is 4. The van der Waals surface area contributed by atoms with Crippen LogP contribution in [0.2, 0.25) is 0 Å². The van der Waals surface area contributed by atoms with Gasteiger partial charge in [0.1, 0.15) is 0 Å². The minimum atomic E-state index is 0.372. The highest BCUT2D eigenvalue weighted by atomic mass is 16.6. The lowest BCUT2D eigenvalue weighted by atomic mass is 9.84. The van der Waals surface area contributed by atoms with Crippen molar-refractivity contribution >= 4 is 0 Å². The predicted molar refractivity (Wildman–Crippen MR) is 88.1 cm³/mol. The third-order valence-corrected chi connectivity index (χ3v) is 5.42. The molecule has 4 fully saturated rings. The monoisotopic (exact) mass is 331 g/mol. The molecule has 0 bridgehead atoms. The number of benzene rings is 1. The summed E-state index contributed by atoms with van der Waals surface area (Å²) in [6.07, 6.45) is 5.50. The highest BCUT2D eigenvalue weighted by Crippen LogP contribution is 2.34. The van der Waals surface area contributed by atoms with Gasteiger partial charge in [-0.3, -0.25) is 0 Å². The van der Waals surface area contributed by atoms with Crippen LogP contribution in [0, 0.1) is 0 Å². The average Bonchev–Trinajstić information content (AvgIpc) is 3.43. The van der Waals surface area contributed by atoms with Crippen molar-refractivity contribution in [2.24, 2.45) is 5.73 Å². The fourth-order valence-electron chi connectivity index (χ4n) is 3.75. The maximum absolute atomic E-state index is 6.11.